The molecule has 0 spiro atoms. The molecule has 1 aliphatic rings. The van der Waals surface area contributed by atoms with E-state index in [-0.39, 0.29) is 18.3 Å². The molecule has 1 saturated heterocycles. The number of carbonyl (C=O) groups excluding carboxylic acids is 1. The SMILES string of the molecule is O=C(Cc1c(Cl)cccc1Cl)C1CSCCO1. The minimum Gasteiger partial charge on any atom is -0.369 e. The molecule has 1 unspecified atom stereocenters. The van der Waals surface area contributed by atoms with E-state index in [1.165, 1.54) is 0 Å². The van der Waals surface area contributed by atoms with Crippen LogP contribution in [0.3, 0.4) is 0 Å². The summed E-state index contributed by atoms with van der Waals surface area (Å²) in [5.74, 6) is 1.73. The van der Waals surface area contributed by atoms with Gasteiger partial charge in [-0.1, -0.05) is 29.3 Å². The van der Waals surface area contributed by atoms with Gasteiger partial charge in [0.15, 0.2) is 5.78 Å². The van der Waals surface area contributed by atoms with Crippen LogP contribution in [0.15, 0.2) is 18.2 Å². The van der Waals surface area contributed by atoms with Crippen LogP contribution in [0, 0.1) is 0 Å². The molecule has 1 heterocycles. The second-order valence-electron chi connectivity index (χ2n) is 3.78. The summed E-state index contributed by atoms with van der Waals surface area (Å²) in [4.78, 5) is 12.0. The van der Waals surface area contributed by atoms with Crippen LogP contribution in [0.5, 0.6) is 0 Å². The number of halogens is 2. The lowest BCUT2D eigenvalue weighted by molar-refractivity contribution is -0.128. The number of ketones is 1. The minimum atomic E-state index is -0.318. The Hall–Kier alpha value is -0.220. The van der Waals surface area contributed by atoms with E-state index in [2.05, 4.69) is 0 Å². The maximum Gasteiger partial charge on any atom is 0.166 e. The third kappa shape index (κ3) is 3.38. The van der Waals surface area contributed by atoms with E-state index in [4.69, 9.17) is 27.9 Å². The zero-order valence-electron chi connectivity index (χ0n) is 9.12. The predicted octanol–water partition coefficient (Wildman–Crippen LogP) is 3.24. The molecule has 92 valence electrons. The van der Waals surface area contributed by atoms with Crippen LogP contribution in [-0.2, 0) is 16.0 Å². The van der Waals surface area contributed by atoms with E-state index in [9.17, 15) is 4.79 Å². The first-order chi connectivity index (χ1) is 8.18. The van der Waals surface area contributed by atoms with Crippen molar-refractivity contribution in [1.29, 1.82) is 0 Å². The Bertz CT molecular complexity index is 397. The molecule has 1 aromatic carbocycles. The van der Waals surface area contributed by atoms with Gasteiger partial charge in [0.05, 0.1) is 6.61 Å². The topological polar surface area (TPSA) is 26.3 Å². The van der Waals surface area contributed by atoms with Crippen molar-refractivity contribution in [2.75, 3.05) is 18.1 Å². The molecule has 2 nitrogen and oxygen atoms in total. The highest BCUT2D eigenvalue weighted by Crippen LogP contribution is 2.26. The van der Waals surface area contributed by atoms with Crippen LogP contribution in [-0.4, -0.2) is 30.0 Å². The molecule has 0 saturated carbocycles. The van der Waals surface area contributed by atoms with E-state index >= 15 is 0 Å². The Labute approximate surface area is 115 Å². The first-order valence-corrected chi connectivity index (χ1v) is 7.24. The second-order valence-corrected chi connectivity index (χ2v) is 5.74. The first-order valence-electron chi connectivity index (χ1n) is 5.33. The van der Waals surface area contributed by atoms with Gasteiger partial charge in [0, 0.05) is 28.0 Å². The monoisotopic (exact) mass is 290 g/mol. The van der Waals surface area contributed by atoms with E-state index < -0.39 is 0 Å². The highest BCUT2D eigenvalue weighted by Gasteiger charge is 2.23. The number of thioether (sulfide) groups is 1. The second kappa shape index (κ2) is 6.10. The molecule has 0 amide bonds. The smallest absolute Gasteiger partial charge is 0.166 e. The number of hydrogen-bond acceptors (Lipinski definition) is 3. The van der Waals surface area contributed by atoms with Crippen LogP contribution in [0.4, 0.5) is 0 Å². The number of carbonyl (C=O) groups is 1. The number of ether oxygens (including phenoxy) is 1. The number of hydrogen-bond donors (Lipinski definition) is 0. The lowest BCUT2D eigenvalue weighted by atomic mass is 10.1. The van der Waals surface area contributed by atoms with Gasteiger partial charge >= 0.3 is 0 Å². The molecule has 0 radical (unpaired) electrons. The molecule has 1 fully saturated rings. The van der Waals surface area contributed by atoms with Crippen LogP contribution >= 0.6 is 35.0 Å². The highest BCUT2D eigenvalue weighted by atomic mass is 35.5. The zero-order valence-corrected chi connectivity index (χ0v) is 11.4. The molecule has 0 aliphatic carbocycles. The molecule has 1 atom stereocenters. The largest absolute Gasteiger partial charge is 0.369 e. The van der Waals surface area contributed by atoms with Crippen LogP contribution < -0.4 is 0 Å². The van der Waals surface area contributed by atoms with Crippen molar-refractivity contribution in [2.45, 2.75) is 12.5 Å². The molecule has 5 heteroatoms. The number of benzene rings is 1. The summed E-state index contributed by atoms with van der Waals surface area (Å²) < 4.78 is 5.44. The molecule has 1 aliphatic heterocycles. The van der Waals surface area contributed by atoms with Gasteiger partial charge in [-0.25, -0.2) is 0 Å². The third-order valence-electron chi connectivity index (χ3n) is 2.59. The van der Waals surface area contributed by atoms with Gasteiger partial charge in [-0.15, -0.1) is 0 Å². The summed E-state index contributed by atoms with van der Waals surface area (Å²) in [5.41, 5.74) is 0.694. The predicted molar refractivity (Wildman–Crippen MR) is 72.2 cm³/mol. The van der Waals surface area contributed by atoms with Gasteiger partial charge in [0.1, 0.15) is 6.10 Å². The summed E-state index contributed by atoms with van der Waals surface area (Å²) in [7, 11) is 0. The van der Waals surface area contributed by atoms with Crippen LogP contribution in [0.25, 0.3) is 0 Å². The van der Waals surface area contributed by atoms with Gasteiger partial charge in [0.2, 0.25) is 0 Å². The Morgan fingerprint density at radius 3 is 2.71 bits per heavy atom. The lowest BCUT2D eigenvalue weighted by Gasteiger charge is -2.21. The fourth-order valence-electron chi connectivity index (χ4n) is 1.66. The third-order valence-corrected chi connectivity index (χ3v) is 4.29. The van der Waals surface area contributed by atoms with Gasteiger partial charge in [0.25, 0.3) is 0 Å². The van der Waals surface area contributed by atoms with Crippen molar-refractivity contribution < 1.29 is 9.53 Å². The molecule has 0 aromatic heterocycles. The van der Waals surface area contributed by atoms with Crippen molar-refractivity contribution in [3.63, 3.8) is 0 Å². The van der Waals surface area contributed by atoms with E-state index in [0.717, 1.165) is 11.5 Å². The summed E-state index contributed by atoms with van der Waals surface area (Å²) in [6.07, 6.45) is -0.0786. The van der Waals surface area contributed by atoms with Crippen LogP contribution in [0.1, 0.15) is 5.56 Å². The fourth-order valence-corrected chi connectivity index (χ4v) is 3.07. The summed E-state index contributed by atoms with van der Waals surface area (Å²) in [6, 6.07) is 5.25. The normalized spacial score (nSPS) is 20.2. The fraction of sp³-hybridized carbons (Fsp3) is 0.417. The first kappa shape index (κ1) is 13.2. The molecule has 0 bridgehead atoms. The Morgan fingerprint density at radius 2 is 2.12 bits per heavy atom. The minimum absolute atomic E-state index is 0.0483. The zero-order chi connectivity index (χ0) is 12.3. The number of rotatable bonds is 3. The van der Waals surface area contributed by atoms with E-state index in [1.807, 2.05) is 0 Å². The Morgan fingerprint density at radius 1 is 1.41 bits per heavy atom. The molecule has 1 aromatic rings. The maximum absolute atomic E-state index is 12.0. The molecule has 17 heavy (non-hydrogen) atoms. The maximum atomic E-state index is 12.0. The molecular weight excluding hydrogens is 279 g/mol. The van der Waals surface area contributed by atoms with Crippen LogP contribution in [0.2, 0.25) is 10.0 Å². The number of Topliss-reactive ketones (excluding diaryl/α,β-unsaturated/α-hetero) is 1. The van der Waals surface area contributed by atoms with Gasteiger partial charge in [-0.05, 0) is 17.7 Å². The lowest BCUT2D eigenvalue weighted by Crippen LogP contribution is -2.32. The summed E-state index contributed by atoms with van der Waals surface area (Å²) >= 11 is 13.8. The van der Waals surface area contributed by atoms with Crippen molar-refractivity contribution in [1.82, 2.24) is 0 Å². The van der Waals surface area contributed by atoms with Crippen molar-refractivity contribution in [3.05, 3.63) is 33.8 Å². The van der Waals surface area contributed by atoms with Gasteiger partial charge in [-0.3, -0.25) is 4.79 Å². The Balaban J connectivity index is 2.07. The van der Waals surface area contributed by atoms with Gasteiger partial charge in [-0.2, -0.15) is 11.8 Å². The molecule has 0 N–H and O–H groups in total. The van der Waals surface area contributed by atoms with E-state index in [0.29, 0.717) is 22.2 Å². The highest BCUT2D eigenvalue weighted by molar-refractivity contribution is 7.99. The summed E-state index contributed by atoms with van der Waals surface area (Å²) in [6.45, 7) is 0.636. The van der Waals surface area contributed by atoms with Crippen molar-refractivity contribution in [2.24, 2.45) is 0 Å². The molecule has 2 rings (SSSR count). The summed E-state index contributed by atoms with van der Waals surface area (Å²) in [5, 5.41) is 1.07. The average molecular weight is 291 g/mol. The Kier molecular flexibility index (Phi) is 4.74. The average Bonchev–Trinajstić information content (AvgIpc) is 2.35. The van der Waals surface area contributed by atoms with Crippen molar-refractivity contribution in [3.8, 4) is 0 Å². The standard InChI is InChI=1S/C12H12Cl2O2S/c13-9-2-1-3-10(14)8(9)6-11(15)12-7-17-5-4-16-12/h1-3,12H,4-7H2. The van der Waals surface area contributed by atoms with Crippen molar-refractivity contribution >= 4 is 40.7 Å². The van der Waals surface area contributed by atoms with Gasteiger partial charge < -0.3 is 4.74 Å². The quantitative estimate of drug-likeness (QED) is 0.855. The van der Waals surface area contributed by atoms with E-state index in [1.54, 1.807) is 30.0 Å². The molecular formula is C12H12Cl2O2S.